The van der Waals surface area contributed by atoms with Gasteiger partial charge in [0.15, 0.2) is 11.0 Å². The third-order valence-corrected chi connectivity index (χ3v) is 4.53. The van der Waals surface area contributed by atoms with Gasteiger partial charge in [-0.05, 0) is 43.3 Å². The van der Waals surface area contributed by atoms with Crippen LogP contribution in [0.1, 0.15) is 6.92 Å². The normalized spacial score (nSPS) is 10.6. The number of thioether (sulfide) groups is 1. The number of rotatable bonds is 6. The maximum absolute atomic E-state index is 11.7. The predicted molar refractivity (Wildman–Crippen MR) is 99.2 cm³/mol. The van der Waals surface area contributed by atoms with E-state index in [0.717, 1.165) is 11.3 Å². The van der Waals surface area contributed by atoms with Crippen molar-refractivity contribution in [3.05, 3.63) is 59.6 Å². The van der Waals surface area contributed by atoms with Crippen molar-refractivity contribution in [3.63, 3.8) is 0 Å². The van der Waals surface area contributed by atoms with Gasteiger partial charge in [0.2, 0.25) is 0 Å². The zero-order chi connectivity index (χ0) is 17.6. The summed E-state index contributed by atoms with van der Waals surface area (Å²) in [4.78, 5) is 11.7. The Kier molecular flexibility index (Phi) is 5.73. The van der Waals surface area contributed by atoms with Crippen LogP contribution in [0.5, 0.6) is 0 Å². The quantitative estimate of drug-likeness (QED) is 0.477. The number of benzene rings is 2. The molecule has 0 unspecified atom stereocenters. The highest BCUT2D eigenvalue weighted by Gasteiger charge is 2.17. The molecule has 2 aromatic carbocycles. The highest BCUT2D eigenvalue weighted by atomic mass is 35.5. The number of esters is 1. The topological polar surface area (TPSA) is 57.0 Å². The fourth-order valence-corrected chi connectivity index (χ4v) is 3.16. The maximum Gasteiger partial charge on any atom is 0.316 e. The van der Waals surface area contributed by atoms with Crippen LogP contribution >= 0.6 is 23.4 Å². The van der Waals surface area contributed by atoms with E-state index in [1.807, 2.05) is 59.2 Å². The highest BCUT2D eigenvalue weighted by Crippen LogP contribution is 2.28. The molecule has 0 spiro atoms. The Morgan fingerprint density at radius 2 is 1.84 bits per heavy atom. The molecule has 0 saturated carbocycles. The van der Waals surface area contributed by atoms with E-state index in [4.69, 9.17) is 16.3 Å². The van der Waals surface area contributed by atoms with Crippen molar-refractivity contribution in [3.8, 4) is 17.1 Å². The first-order chi connectivity index (χ1) is 12.2. The first-order valence-corrected chi connectivity index (χ1v) is 9.10. The molecule has 0 saturated heterocycles. The second kappa shape index (κ2) is 8.18. The van der Waals surface area contributed by atoms with Crippen LogP contribution in [0, 0.1) is 0 Å². The van der Waals surface area contributed by atoms with E-state index >= 15 is 0 Å². The van der Waals surface area contributed by atoms with Gasteiger partial charge in [0, 0.05) is 16.3 Å². The fraction of sp³-hybridized carbons (Fsp3) is 0.167. The Morgan fingerprint density at radius 3 is 2.52 bits per heavy atom. The Labute approximate surface area is 155 Å². The van der Waals surface area contributed by atoms with Crippen molar-refractivity contribution in [1.82, 2.24) is 14.8 Å². The van der Waals surface area contributed by atoms with Crippen molar-refractivity contribution in [2.45, 2.75) is 12.1 Å². The average Bonchev–Trinajstić information content (AvgIpc) is 3.05. The summed E-state index contributed by atoms with van der Waals surface area (Å²) in [5, 5.41) is 9.86. The zero-order valence-electron chi connectivity index (χ0n) is 13.6. The molecule has 25 heavy (non-hydrogen) atoms. The van der Waals surface area contributed by atoms with Crippen LogP contribution in [0.3, 0.4) is 0 Å². The first kappa shape index (κ1) is 17.5. The van der Waals surface area contributed by atoms with Gasteiger partial charge in [-0.1, -0.05) is 41.6 Å². The van der Waals surface area contributed by atoms with E-state index in [1.54, 1.807) is 6.92 Å². The van der Waals surface area contributed by atoms with Gasteiger partial charge in [-0.2, -0.15) is 0 Å². The average molecular weight is 374 g/mol. The summed E-state index contributed by atoms with van der Waals surface area (Å²) < 4.78 is 6.91. The fourth-order valence-electron chi connectivity index (χ4n) is 2.29. The summed E-state index contributed by atoms with van der Waals surface area (Å²) in [6.45, 7) is 2.15. The molecule has 1 heterocycles. The van der Waals surface area contributed by atoms with Gasteiger partial charge in [-0.15, -0.1) is 10.2 Å². The molecule has 0 aliphatic carbocycles. The van der Waals surface area contributed by atoms with Crippen molar-refractivity contribution in [2.24, 2.45) is 0 Å². The standard InChI is InChI=1S/C18H16ClN3O2S/c1-2-24-16(23)12-25-18-21-20-17(13-8-10-14(19)11-9-13)22(18)15-6-4-3-5-7-15/h3-11H,2,12H2,1H3. The second-order valence-electron chi connectivity index (χ2n) is 5.08. The number of halogens is 1. The van der Waals surface area contributed by atoms with Crippen LogP contribution in [0.4, 0.5) is 0 Å². The molecule has 0 amide bonds. The number of hydrogen-bond acceptors (Lipinski definition) is 5. The van der Waals surface area contributed by atoms with E-state index in [0.29, 0.717) is 22.6 Å². The van der Waals surface area contributed by atoms with Gasteiger partial charge < -0.3 is 4.74 Å². The minimum atomic E-state index is -0.275. The van der Waals surface area contributed by atoms with E-state index in [9.17, 15) is 4.79 Å². The molecule has 0 aliphatic rings. The number of carbonyl (C=O) groups is 1. The van der Waals surface area contributed by atoms with Crippen LogP contribution in [0.15, 0.2) is 59.8 Å². The molecule has 0 atom stereocenters. The molecule has 0 fully saturated rings. The highest BCUT2D eigenvalue weighted by molar-refractivity contribution is 7.99. The number of hydrogen-bond donors (Lipinski definition) is 0. The predicted octanol–water partition coefficient (Wildman–Crippen LogP) is 4.24. The minimum Gasteiger partial charge on any atom is -0.465 e. The van der Waals surface area contributed by atoms with E-state index in [2.05, 4.69) is 10.2 Å². The Balaban J connectivity index is 1.98. The summed E-state index contributed by atoms with van der Waals surface area (Å²) in [5.74, 6) is 0.594. The van der Waals surface area contributed by atoms with Crippen LogP contribution in [-0.4, -0.2) is 33.1 Å². The molecule has 5 nitrogen and oxygen atoms in total. The van der Waals surface area contributed by atoms with Gasteiger partial charge in [-0.3, -0.25) is 9.36 Å². The lowest BCUT2D eigenvalue weighted by Crippen LogP contribution is -2.08. The smallest absolute Gasteiger partial charge is 0.316 e. The van der Waals surface area contributed by atoms with Gasteiger partial charge in [0.25, 0.3) is 0 Å². The lowest BCUT2D eigenvalue weighted by atomic mass is 10.2. The van der Waals surface area contributed by atoms with Gasteiger partial charge in [0.05, 0.1) is 12.4 Å². The monoisotopic (exact) mass is 373 g/mol. The summed E-state index contributed by atoms with van der Waals surface area (Å²) in [6, 6.07) is 17.2. The number of nitrogens with zero attached hydrogens (tertiary/aromatic N) is 3. The molecular weight excluding hydrogens is 358 g/mol. The third kappa shape index (κ3) is 4.21. The second-order valence-corrected chi connectivity index (χ2v) is 6.46. The van der Waals surface area contributed by atoms with Gasteiger partial charge in [0.1, 0.15) is 0 Å². The maximum atomic E-state index is 11.7. The van der Waals surface area contributed by atoms with E-state index in [1.165, 1.54) is 11.8 Å². The molecule has 128 valence electrons. The van der Waals surface area contributed by atoms with Crippen molar-refractivity contribution < 1.29 is 9.53 Å². The number of aromatic nitrogens is 3. The molecule has 1 aromatic heterocycles. The summed E-state index contributed by atoms with van der Waals surface area (Å²) in [6.07, 6.45) is 0. The van der Waals surface area contributed by atoms with Gasteiger partial charge in [-0.25, -0.2) is 0 Å². The van der Waals surface area contributed by atoms with Crippen LogP contribution in [0.25, 0.3) is 17.1 Å². The Hall–Kier alpha value is -2.31. The van der Waals surface area contributed by atoms with Crippen LogP contribution in [0.2, 0.25) is 5.02 Å². The Bertz CT molecular complexity index is 851. The third-order valence-electron chi connectivity index (χ3n) is 3.37. The number of carbonyl (C=O) groups excluding carboxylic acids is 1. The molecule has 3 rings (SSSR count). The Morgan fingerprint density at radius 1 is 1.12 bits per heavy atom. The molecule has 0 radical (unpaired) electrons. The van der Waals surface area contributed by atoms with E-state index in [-0.39, 0.29) is 11.7 Å². The molecule has 0 bridgehead atoms. The molecule has 0 aliphatic heterocycles. The molecule has 7 heteroatoms. The zero-order valence-corrected chi connectivity index (χ0v) is 15.1. The van der Waals surface area contributed by atoms with Crippen molar-refractivity contribution in [2.75, 3.05) is 12.4 Å². The van der Waals surface area contributed by atoms with Crippen LogP contribution < -0.4 is 0 Å². The van der Waals surface area contributed by atoms with E-state index < -0.39 is 0 Å². The summed E-state index contributed by atoms with van der Waals surface area (Å²) in [5.41, 5.74) is 1.81. The molecule has 0 N–H and O–H groups in total. The van der Waals surface area contributed by atoms with Crippen molar-refractivity contribution in [1.29, 1.82) is 0 Å². The number of para-hydroxylation sites is 1. The van der Waals surface area contributed by atoms with Crippen molar-refractivity contribution >= 4 is 29.3 Å². The summed E-state index contributed by atoms with van der Waals surface area (Å²) in [7, 11) is 0. The largest absolute Gasteiger partial charge is 0.465 e. The lowest BCUT2D eigenvalue weighted by Gasteiger charge is -2.10. The first-order valence-electron chi connectivity index (χ1n) is 7.74. The van der Waals surface area contributed by atoms with Gasteiger partial charge >= 0.3 is 5.97 Å². The number of ether oxygens (including phenoxy) is 1. The summed E-state index contributed by atoms with van der Waals surface area (Å²) >= 11 is 7.27. The minimum absolute atomic E-state index is 0.180. The molecular formula is C18H16ClN3O2S. The lowest BCUT2D eigenvalue weighted by molar-refractivity contribution is -0.139. The molecule has 3 aromatic rings. The SMILES string of the molecule is CCOC(=O)CSc1nnc(-c2ccc(Cl)cc2)n1-c1ccccc1. The van der Waals surface area contributed by atoms with Crippen LogP contribution in [-0.2, 0) is 9.53 Å².